The van der Waals surface area contributed by atoms with Gasteiger partial charge in [0.15, 0.2) is 0 Å². The van der Waals surface area contributed by atoms with Crippen molar-refractivity contribution in [3.63, 3.8) is 0 Å². The molecule has 0 aromatic heterocycles. The van der Waals surface area contributed by atoms with Crippen LogP contribution in [-0.4, -0.2) is 29.0 Å². The summed E-state index contributed by atoms with van der Waals surface area (Å²) in [5.41, 5.74) is -1.15. The Kier molecular flexibility index (Phi) is 1.93. The van der Waals surface area contributed by atoms with Crippen LogP contribution >= 0.6 is 0 Å². The maximum absolute atomic E-state index is 13.8. The molecular weight excluding hydrogens is 169 g/mol. The summed E-state index contributed by atoms with van der Waals surface area (Å²) >= 11 is 0. The first-order valence-corrected chi connectivity index (χ1v) is 5.06. The lowest BCUT2D eigenvalue weighted by Crippen LogP contribution is -2.55. The van der Waals surface area contributed by atoms with E-state index in [1.165, 1.54) is 0 Å². The molecule has 1 heterocycles. The quantitative estimate of drug-likeness (QED) is 0.647. The molecule has 2 N–H and O–H groups in total. The lowest BCUT2D eigenvalue weighted by Gasteiger charge is -2.41. The second kappa shape index (κ2) is 2.67. The number of piperidine rings is 1. The second-order valence-corrected chi connectivity index (χ2v) is 5.04. The minimum Gasteiger partial charge on any atom is -0.392 e. The first-order chi connectivity index (χ1) is 5.94. The molecule has 76 valence electrons. The summed E-state index contributed by atoms with van der Waals surface area (Å²) in [5.74, 6) is -0.0243. The van der Waals surface area contributed by atoms with Crippen molar-refractivity contribution in [1.29, 1.82) is 0 Å². The molecule has 13 heavy (non-hydrogen) atoms. The standard InChI is InChI=1S/C10H18FNO/c1-9(2,11)8-5-7(13)6-12-10(8)3-4-10/h7-8,12-13H,3-6H2,1-2H3. The highest BCUT2D eigenvalue weighted by Crippen LogP contribution is 2.51. The summed E-state index contributed by atoms with van der Waals surface area (Å²) in [6, 6.07) is 0. The lowest BCUT2D eigenvalue weighted by atomic mass is 9.77. The van der Waals surface area contributed by atoms with E-state index in [2.05, 4.69) is 5.32 Å². The van der Waals surface area contributed by atoms with Crippen LogP contribution in [-0.2, 0) is 0 Å². The molecule has 0 aromatic carbocycles. The number of halogens is 1. The van der Waals surface area contributed by atoms with Crippen LogP contribution in [0.4, 0.5) is 4.39 Å². The molecule has 0 amide bonds. The van der Waals surface area contributed by atoms with E-state index in [0.717, 1.165) is 12.8 Å². The van der Waals surface area contributed by atoms with Gasteiger partial charge in [-0.1, -0.05) is 0 Å². The monoisotopic (exact) mass is 187 g/mol. The Balaban J connectivity index is 2.13. The molecule has 2 nitrogen and oxygen atoms in total. The lowest BCUT2D eigenvalue weighted by molar-refractivity contribution is 0.00450. The summed E-state index contributed by atoms with van der Waals surface area (Å²) in [7, 11) is 0. The topological polar surface area (TPSA) is 32.3 Å². The molecule has 1 aliphatic heterocycles. The zero-order chi connectivity index (χ0) is 9.69. The van der Waals surface area contributed by atoms with Crippen molar-refractivity contribution in [2.24, 2.45) is 5.92 Å². The Morgan fingerprint density at radius 3 is 2.54 bits per heavy atom. The fourth-order valence-corrected chi connectivity index (χ4v) is 2.62. The van der Waals surface area contributed by atoms with Crippen LogP contribution in [0.2, 0.25) is 0 Å². The highest BCUT2D eigenvalue weighted by Gasteiger charge is 2.57. The van der Waals surface area contributed by atoms with Crippen LogP contribution in [0.15, 0.2) is 0 Å². The van der Waals surface area contributed by atoms with Crippen molar-refractivity contribution < 1.29 is 9.50 Å². The van der Waals surface area contributed by atoms with Gasteiger partial charge in [0.25, 0.3) is 0 Å². The molecule has 3 heteroatoms. The molecular formula is C10H18FNO. The summed E-state index contributed by atoms with van der Waals surface area (Å²) in [5, 5.41) is 12.8. The van der Waals surface area contributed by atoms with Crippen LogP contribution < -0.4 is 5.32 Å². The maximum atomic E-state index is 13.8. The molecule has 1 saturated heterocycles. The average Bonchev–Trinajstić information content (AvgIpc) is 2.74. The smallest absolute Gasteiger partial charge is 0.110 e. The van der Waals surface area contributed by atoms with Crippen molar-refractivity contribution in [3.8, 4) is 0 Å². The van der Waals surface area contributed by atoms with E-state index in [0.29, 0.717) is 13.0 Å². The van der Waals surface area contributed by atoms with Crippen molar-refractivity contribution in [2.45, 2.75) is 50.4 Å². The van der Waals surface area contributed by atoms with E-state index in [-0.39, 0.29) is 17.6 Å². The largest absolute Gasteiger partial charge is 0.392 e. The molecule has 1 aliphatic carbocycles. The molecule has 2 aliphatic rings. The first-order valence-electron chi connectivity index (χ1n) is 5.06. The Labute approximate surface area is 78.5 Å². The van der Waals surface area contributed by atoms with Crippen LogP contribution in [0.5, 0.6) is 0 Å². The van der Waals surface area contributed by atoms with Crippen LogP contribution in [0.1, 0.15) is 33.1 Å². The number of aliphatic hydroxyl groups excluding tert-OH is 1. The van der Waals surface area contributed by atoms with Crippen molar-refractivity contribution in [1.82, 2.24) is 5.32 Å². The maximum Gasteiger partial charge on any atom is 0.110 e. The van der Waals surface area contributed by atoms with Gasteiger partial charge in [0.1, 0.15) is 5.67 Å². The summed E-state index contributed by atoms with van der Waals surface area (Å²) in [6.07, 6.45) is 2.37. The highest BCUT2D eigenvalue weighted by molar-refractivity contribution is 5.13. The van der Waals surface area contributed by atoms with Crippen molar-refractivity contribution >= 4 is 0 Å². The van der Waals surface area contributed by atoms with Crippen molar-refractivity contribution in [3.05, 3.63) is 0 Å². The van der Waals surface area contributed by atoms with E-state index < -0.39 is 5.67 Å². The SMILES string of the molecule is CC(C)(F)C1CC(O)CNC12CC2. The van der Waals surface area contributed by atoms with E-state index in [1.54, 1.807) is 13.8 Å². The molecule has 2 fully saturated rings. The Morgan fingerprint density at radius 1 is 1.46 bits per heavy atom. The van der Waals surface area contributed by atoms with Gasteiger partial charge < -0.3 is 10.4 Å². The molecule has 0 bridgehead atoms. The first kappa shape index (κ1) is 9.41. The molecule has 0 aromatic rings. The summed E-state index contributed by atoms with van der Waals surface area (Å²) in [6.45, 7) is 3.88. The summed E-state index contributed by atoms with van der Waals surface area (Å²) < 4.78 is 13.8. The van der Waals surface area contributed by atoms with Gasteiger partial charge >= 0.3 is 0 Å². The number of aliphatic hydroxyl groups is 1. The van der Waals surface area contributed by atoms with Gasteiger partial charge in [-0.15, -0.1) is 0 Å². The normalized spacial score (nSPS) is 37.8. The molecule has 2 atom stereocenters. The zero-order valence-electron chi connectivity index (χ0n) is 8.31. The highest BCUT2D eigenvalue weighted by atomic mass is 19.1. The van der Waals surface area contributed by atoms with Crippen LogP contribution in [0, 0.1) is 5.92 Å². The second-order valence-electron chi connectivity index (χ2n) is 5.04. The molecule has 2 unspecified atom stereocenters. The number of hydrogen-bond donors (Lipinski definition) is 2. The molecule has 1 spiro atoms. The Hall–Kier alpha value is -0.150. The number of alkyl halides is 1. The van der Waals surface area contributed by atoms with E-state index >= 15 is 0 Å². The zero-order valence-corrected chi connectivity index (χ0v) is 8.31. The number of nitrogens with one attached hydrogen (secondary N) is 1. The summed E-state index contributed by atoms with van der Waals surface area (Å²) in [4.78, 5) is 0. The van der Waals surface area contributed by atoms with Gasteiger partial charge in [-0.05, 0) is 33.1 Å². The molecule has 2 rings (SSSR count). The Bertz CT molecular complexity index is 207. The van der Waals surface area contributed by atoms with E-state index in [9.17, 15) is 9.50 Å². The minimum atomic E-state index is -1.18. The third-order valence-electron chi connectivity index (χ3n) is 3.48. The number of β-amino-alcohol motifs (C(OH)–C–C–N with tert-alkyl or cyclic N) is 1. The van der Waals surface area contributed by atoms with Gasteiger partial charge in [-0.2, -0.15) is 0 Å². The van der Waals surface area contributed by atoms with Crippen LogP contribution in [0.25, 0.3) is 0 Å². The fraction of sp³-hybridized carbons (Fsp3) is 1.00. The average molecular weight is 187 g/mol. The van der Waals surface area contributed by atoms with Gasteiger partial charge in [0, 0.05) is 18.0 Å². The fourth-order valence-electron chi connectivity index (χ4n) is 2.62. The van der Waals surface area contributed by atoms with Gasteiger partial charge in [0.2, 0.25) is 0 Å². The predicted octanol–water partition coefficient (Wildman–Crippen LogP) is 1.24. The third kappa shape index (κ3) is 1.59. The van der Waals surface area contributed by atoms with Crippen molar-refractivity contribution in [2.75, 3.05) is 6.54 Å². The van der Waals surface area contributed by atoms with Crippen LogP contribution in [0.3, 0.4) is 0 Å². The molecule has 0 radical (unpaired) electrons. The number of hydrogen-bond acceptors (Lipinski definition) is 2. The molecule has 1 saturated carbocycles. The van der Waals surface area contributed by atoms with Gasteiger partial charge in [-0.3, -0.25) is 0 Å². The third-order valence-corrected chi connectivity index (χ3v) is 3.48. The van der Waals surface area contributed by atoms with Gasteiger partial charge in [0.05, 0.1) is 6.10 Å². The minimum absolute atomic E-state index is 0.0243. The predicted molar refractivity (Wildman–Crippen MR) is 49.3 cm³/mol. The van der Waals surface area contributed by atoms with Gasteiger partial charge in [-0.25, -0.2) is 4.39 Å². The Morgan fingerprint density at radius 2 is 2.08 bits per heavy atom. The van der Waals surface area contributed by atoms with E-state index in [1.807, 2.05) is 0 Å². The number of rotatable bonds is 1. The van der Waals surface area contributed by atoms with E-state index in [4.69, 9.17) is 0 Å².